The van der Waals surface area contributed by atoms with Crippen LogP contribution >= 0.6 is 12.2 Å². The number of ether oxygens (including phenoxy) is 1. The molecule has 1 aliphatic heterocycles. The minimum atomic E-state index is -0.545. The second kappa shape index (κ2) is 6.76. The molecule has 0 aliphatic carbocycles. The van der Waals surface area contributed by atoms with Gasteiger partial charge in [-0.05, 0) is 30.8 Å². The molecule has 1 heterocycles. The molecular formula is C15H21N3O2S. The summed E-state index contributed by atoms with van der Waals surface area (Å²) in [5, 5.41) is 3.84. The van der Waals surface area contributed by atoms with Crippen LogP contribution in [0.2, 0.25) is 0 Å². The Kier molecular flexibility index (Phi) is 5.01. The van der Waals surface area contributed by atoms with Crippen LogP contribution < -0.4 is 15.0 Å². The molecule has 0 radical (unpaired) electrons. The Morgan fingerprint density at radius 2 is 2.19 bits per heavy atom. The van der Waals surface area contributed by atoms with Gasteiger partial charge in [0.25, 0.3) is 5.91 Å². The Hall–Kier alpha value is -1.82. The molecule has 0 fully saturated rings. The summed E-state index contributed by atoms with van der Waals surface area (Å²) in [4.78, 5) is 15.7. The van der Waals surface area contributed by atoms with Crippen molar-refractivity contribution in [1.82, 2.24) is 10.2 Å². The molecule has 0 saturated heterocycles. The zero-order chi connectivity index (χ0) is 15.4. The third kappa shape index (κ3) is 3.44. The average molecular weight is 307 g/mol. The van der Waals surface area contributed by atoms with Crippen LogP contribution in [0.1, 0.15) is 13.3 Å². The van der Waals surface area contributed by atoms with E-state index in [2.05, 4.69) is 12.2 Å². The zero-order valence-corrected chi connectivity index (χ0v) is 13.4. The number of likely N-dealkylation sites (N-methyl/N-ethyl adjacent to an activating group) is 1. The Morgan fingerprint density at radius 1 is 1.48 bits per heavy atom. The van der Waals surface area contributed by atoms with Crippen molar-refractivity contribution in [1.29, 1.82) is 0 Å². The number of nitrogens with one attached hydrogen (secondary N) is 1. The molecule has 1 N–H and O–H groups in total. The largest absolute Gasteiger partial charge is 0.476 e. The van der Waals surface area contributed by atoms with Crippen LogP contribution in [-0.4, -0.2) is 49.2 Å². The van der Waals surface area contributed by atoms with Crippen LogP contribution in [0.25, 0.3) is 0 Å². The minimum absolute atomic E-state index is 0.0622. The van der Waals surface area contributed by atoms with Gasteiger partial charge in [0.2, 0.25) is 0 Å². The van der Waals surface area contributed by atoms with Gasteiger partial charge in [-0.15, -0.1) is 0 Å². The quantitative estimate of drug-likeness (QED) is 0.860. The summed E-state index contributed by atoms with van der Waals surface area (Å²) in [5.41, 5.74) is 0.897. The first-order valence-electron chi connectivity index (χ1n) is 7.06. The summed E-state index contributed by atoms with van der Waals surface area (Å²) in [7, 11) is 3.45. The van der Waals surface area contributed by atoms with E-state index < -0.39 is 6.10 Å². The van der Waals surface area contributed by atoms with Crippen molar-refractivity contribution >= 4 is 28.9 Å². The number of anilines is 1. The molecule has 1 aliphatic rings. The minimum Gasteiger partial charge on any atom is -0.476 e. The van der Waals surface area contributed by atoms with Crippen molar-refractivity contribution in [3.05, 3.63) is 24.3 Å². The lowest BCUT2D eigenvalue weighted by Crippen LogP contribution is -2.52. The van der Waals surface area contributed by atoms with Gasteiger partial charge >= 0.3 is 0 Å². The summed E-state index contributed by atoms with van der Waals surface area (Å²) in [6, 6.07) is 7.64. The Bertz CT molecular complexity index is 533. The molecule has 21 heavy (non-hydrogen) atoms. The molecule has 1 atom stereocenters. The first-order chi connectivity index (χ1) is 10.0. The van der Waals surface area contributed by atoms with Gasteiger partial charge in [0, 0.05) is 20.6 Å². The van der Waals surface area contributed by atoms with E-state index in [4.69, 9.17) is 17.0 Å². The van der Waals surface area contributed by atoms with Crippen molar-refractivity contribution < 1.29 is 9.53 Å². The molecule has 6 heteroatoms. The number of rotatable bonds is 3. The summed E-state index contributed by atoms with van der Waals surface area (Å²) < 4.78 is 5.82. The number of hydrogen-bond donors (Lipinski definition) is 1. The lowest BCUT2D eigenvalue weighted by Gasteiger charge is -2.36. The van der Waals surface area contributed by atoms with E-state index in [1.165, 1.54) is 0 Å². The summed E-state index contributed by atoms with van der Waals surface area (Å²) >= 11 is 5.46. The van der Waals surface area contributed by atoms with Crippen LogP contribution in [0.15, 0.2) is 24.3 Å². The SMILES string of the molecule is CCCNC(=S)N1CC(C(=O)N(C)C)Oc2ccccc21. The van der Waals surface area contributed by atoms with E-state index in [1.54, 1.807) is 19.0 Å². The molecule has 0 saturated carbocycles. The van der Waals surface area contributed by atoms with Gasteiger partial charge < -0.3 is 19.9 Å². The third-order valence-electron chi connectivity index (χ3n) is 3.26. The maximum atomic E-state index is 12.2. The lowest BCUT2D eigenvalue weighted by molar-refractivity contribution is -0.135. The van der Waals surface area contributed by atoms with Gasteiger partial charge in [-0.1, -0.05) is 19.1 Å². The van der Waals surface area contributed by atoms with Gasteiger partial charge in [-0.3, -0.25) is 4.79 Å². The summed E-state index contributed by atoms with van der Waals surface area (Å²) in [6.07, 6.45) is 0.447. The molecule has 114 valence electrons. The highest BCUT2D eigenvalue weighted by molar-refractivity contribution is 7.80. The topological polar surface area (TPSA) is 44.8 Å². The van der Waals surface area contributed by atoms with Gasteiger partial charge in [-0.25, -0.2) is 0 Å². The summed E-state index contributed by atoms with van der Waals surface area (Å²) in [5.74, 6) is 0.623. The first-order valence-corrected chi connectivity index (χ1v) is 7.47. The molecule has 0 spiro atoms. The van der Waals surface area contributed by atoms with Crippen molar-refractivity contribution in [3.63, 3.8) is 0 Å². The first kappa shape index (κ1) is 15.6. The molecule has 0 aromatic heterocycles. The molecule has 0 bridgehead atoms. The van der Waals surface area contributed by atoms with E-state index in [1.807, 2.05) is 29.2 Å². The number of nitrogens with zero attached hydrogens (tertiary/aromatic N) is 2. The smallest absolute Gasteiger partial charge is 0.265 e. The number of amides is 1. The van der Waals surface area contributed by atoms with Gasteiger partial charge in [0.1, 0.15) is 5.75 Å². The number of benzene rings is 1. The zero-order valence-electron chi connectivity index (χ0n) is 12.6. The second-order valence-corrected chi connectivity index (χ2v) is 5.54. The van der Waals surface area contributed by atoms with E-state index in [9.17, 15) is 4.79 Å². The maximum absolute atomic E-state index is 12.2. The molecule has 1 unspecified atom stereocenters. The van der Waals surface area contributed by atoms with Crippen molar-refractivity contribution in [2.24, 2.45) is 0 Å². The van der Waals surface area contributed by atoms with E-state index >= 15 is 0 Å². The highest BCUT2D eigenvalue weighted by atomic mass is 32.1. The normalized spacial score (nSPS) is 16.7. The molecule has 5 nitrogen and oxygen atoms in total. The van der Waals surface area contributed by atoms with Gasteiger partial charge in [0.15, 0.2) is 11.2 Å². The predicted octanol–water partition coefficient (Wildman–Crippen LogP) is 1.63. The number of hydrogen-bond acceptors (Lipinski definition) is 3. The van der Waals surface area contributed by atoms with Crippen molar-refractivity contribution in [2.45, 2.75) is 19.4 Å². The number of carbonyl (C=O) groups excluding carboxylic acids is 1. The number of carbonyl (C=O) groups is 1. The van der Waals surface area contributed by atoms with Crippen LogP contribution in [0.3, 0.4) is 0 Å². The van der Waals surface area contributed by atoms with E-state index in [-0.39, 0.29) is 5.91 Å². The second-order valence-electron chi connectivity index (χ2n) is 5.15. The predicted molar refractivity (Wildman–Crippen MR) is 87.8 cm³/mol. The maximum Gasteiger partial charge on any atom is 0.265 e. The number of thiocarbonyl (C=S) groups is 1. The van der Waals surface area contributed by atoms with E-state index in [0.29, 0.717) is 17.4 Å². The molecular weight excluding hydrogens is 286 g/mol. The standard InChI is InChI=1S/C15H21N3O2S/c1-4-9-16-15(21)18-10-13(14(19)17(2)3)20-12-8-6-5-7-11(12)18/h5-8,13H,4,9-10H2,1-3H3,(H,16,21). The monoisotopic (exact) mass is 307 g/mol. The van der Waals surface area contributed by atoms with Crippen LogP contribution in [0, 0.1) is 0 Å². The number of fused-ring (bicyclic) bond motifs is 1. The summed E-state index contributed by atoms with van der Waals surface area (Å²) in [6.45, 7) is 3.31. The van der Waals surface area contributed by atoms with Gasteiger partial charge in [-0.2, -0.15) is 0 Å². The molecule has 2 rings (SSSR count). The van der Waals surface area contributed by atoms with E-state index in [0.717, 1.165) is 18.7 Å². The lowest BCUT2D eigenvalue weighted by atomic mass is 10.2. The Labute approximate surface area is 130 Å². The number of para-hydroxylation sites is 2. The Balaban J connectivity index is 2.26. The molecule has 1 amide bonds. The fraction of sp³-hybridized carbons (Fsp3) is 0.467. The van der Waals surface area contributed by atoms with Gasteiger partial charge in [0.05, 0.1) is 12.2 Å². The van der Waals surface area contributed by atoms with Crippen molar-refractivity contribution in [3.8, 4) is 5.75 Å². The van der Waals surface area contributed by atoms with Crippen LogP contribution in [0.5, 0.6) is 5.75 Å². The van der Waals surface area contributed by atoms with Crippen LogP contribution in [-0.2, 0) is 4.79 Å². The Morgan fingerprint density at radius 3 is 2.86 bits per heavy atom. The highest BCUT2D eigenvalue weighted by Gasteiger charge is 2.33. The van der Waals surface area contributed by atoms with Crippen LogP contribution in [0.4, 0.5) is 5.69 Å². The molecule has 1 aromatic carbocycles. The fourth-order valence-electron chi connectivity index (χ4n) is 2.17. The highest BCUT2D eigenvalue weighted by Crippen LogP contribution is 2.33. The molecule has 1 aromatic rings. The van der Waals surface area contributed by atoms with Crippen molar-refractivity contribution in [2.75, 3.05) is 32.1 Å². The average Bonchev–Trinajstić information content (AvgIpc) is 2.50. The fourth-order valence-corrected chi connectivity index (χ4v) is 2.45. The third-order valence-corrected chi connectivity index (χ3v) is 3.63.